The lowest BCUT2D eigenvalue weighted by atomic mass is 9.96. The predicted molar refractivity (Wildman–Crippen MR) is 56.8 cm³/mol. The average Bonchev–Trinajstić information content (AvgIpc) is 2.91. The van der Waals surface area contributed by atoms with E-state index in [0.29, 0.717) is 30.2 Å². The van der Waals surface area contributed by atoms with E-state index in [1.807, 2.05) is 6.92 Å². The van der Waals surface area contributed by atoms with Gasteiger partial charge in [0, 0.05) is 0 Å². The van der Waals surface area contributed by atoms with Crippen molar-refractivity contribution in [2.45, 2.75) is 50.5 Å². The number of hydrogen-bond acceptors (Lipinski definition) is 6. The van der Waals surface area contributed by atoms with E-state index in [2.05, 4.69) is 15.5 Å². The van der Waals surface area contributed by atoms with Crippen LogP contribution in [-0.4, -0.2) is 28.4 Å². The maximum Gasteiger partial charge on any atom is 0.315 e. The smallest absolute Gasteiger partial charge is 0.315 e. The number of nitrogens with zero attached hydrogens (tertiary/aromatic N) is 2. The number of ether oxygens (including phenoxy) is 1. The maximum absolute atomic E-state index is 5.73. The van der Waals surface area contributed by atoms with Crippen LogP contribution in [0.3, 0.4) is 0 Å². The molecule has 0 radical (unpaired) electrons. The van der Waals surface area contributed by atoms with Gasteiger partial charge in [0.05, 0.1) is 24.3 Å². The van der Waals surface area contributed by atoms with Gasteiger partial charge in [0.15, 0.2) is 0 Å². The second kappa shape index (κ2) is 3.71. The summed E-state index contributed by atoms with van der Waals surface area (Å²) < 4.78 is 11.1. The molecule has 16 heavy (non-hydrogen) atoms. The van der Waals surface area contributed by atoms with Crippen molar-refractivity contribution in [1.29, 1.82) is 0 Å². The molecular weight excluding hydrogens is 208 g/mol. The topological polar surface area (TPSA) is 86.2 Å². The van der Waals surface area contributed by atoms with Crippen LogP contribution in [0.4, 0.5) is 6.01 Å². The van der Waals surface area contributed by atoms with E-state index < -0.39 is 0 Å². The molecule has 3 N–H and O–H groups in total. The first kappa shape index (κ1) is 10.0. The quantitative estimate of drug-likeness (QED) is 0.790. The molecule has 0 aromatic carbocycles. The van der Waals surface area contributed by atoms with E-state index in [4.69, 9.17) is 14.9 Å². The van der Waals surface area contributed by atoms with Gasteiger partial charge in [-0.3, -0.25) is 0 Å². The Kier molecular flexibility index (Phi) is 2.33. The molecule has 1 aromatic heterocycles. The van der Waals surface area contributed by atoms with E-state index in [-0.39, 0.29) is 6.04 Å². The zero-order valence-electron chi connectivity index (χ0n) is 9.22. The first-order valence-electron chi connectivity index (χ1n) is 5.73. The van der Waals surface area contributed by atoms with Gasteiger partial charge in [-0.25, -0.2) is 0 Å². The molecule has 6 heteroatoms. The summed E-state index contributed by atoms with van der Waals surface area (Å²) in [7, 11) is 0. The number of aromatic nitrogens is 2. The van der Waals surface area contributed by atoms with Gasteiger partial charge in [-0.15, -0.1) is 5.10 Å². The zero-order valence-corrected chi connectivity index (χ0v) is 9.22. The summed E-state index contributed by atoms with van der Waals surface area (Å²) in [5, 5.41) is 11.0. The summed E-state index contributed by atoms with van der Waals surface area (Å²) in [6, 6.07) is 0.535. The Morgan fingerprint density at radius 3 is 2.88 bits per heavy atom. The molecule has 2 aliphatic rings. The summed E-state index contributed by atoms with van der Waals surface area (Å²) in [5.74, 6) is 0.464. The van der Waals surface area contributed by atoms with E-state index in [1.165, 1.54) is 6.42 Å². The minimum atomic E-state index is -0.223. The van der Waals surface area contributed by atoms with Gasteiger partial charge in [0.1, 0.15) is 0 Å². The first-order chi connectivity index (χ1) is 7.72. The molecule has 4 atom stereocenters. The summed E-state index contributed by atoms with van der Waals surface area (Å²) in [6.07, 6.45) is 4.04. The Labute approximate surface area is 93.5 Å². The number of fused-ring (bicyclic) bond motifs is 2. The van der Waals surface area contributed by atoms with Crippen LogP contribution in [-0.2, 0) is 4.74 Å². The lowest BCUT2D eigenvalue weighted by Crippen LogP contribution is -2.30. The van der Waals surface area contributed by atoms with Crippen molar-refractivity contribution >= 4 is 6.01 Å². The average molecular weight is 224 g/mol. The molecule has 0 aliphatic carbocycles. The maximum atomic E-state index is 5.73. The van der Waals surface area contributed by atoms with E-state index in [9.17, 15) is 0 Å². The van der Waals surface area contributed by atoms with Crippen LogP contribution in [0.15, 0.2) is 4.42 Å². The van der Waals surface area contributed by atoms with Gasteiger partial charge in [-0.2, -0.15) is 0 Å². The number of rotatable bonds is 3. The lowest BCUT2D eigenvalue weighted by molar-refractivity contribution is 0.102. The van der Waals surface area contributed by atoms with Crippen LogP contribution >= 0.6 is 0 Å². The second-order valence-electron chi connectivity index (χ2n) is 4.59. The summed E-state index contributed by atoms with van der Waals surface area (Å²) in [6.45, 7) is 1.82. The van der Waals surface area contributed by atoms with Crippen molar-refractivity contribution in [2.24, 2.45) is 5.73 Å². The third-order valence-electron chi connectivity index (χ3n) is 3.25. The Balaban J connectivity index is 1.65. The molecule has 1 aromatic rings. The van der Waals surface area contributed by atoms with Gasteiger partial charge < -0.3 is 20.2 Å². The van der Waals surface area contributed by atoms with Crippen molar-refractivity contribution in [3.8, 4) is 0 Å². The molecule has 6 nitrogen and oxygen atoms in total. The van der Waals surface area contributed by atoms with Crippen molar-refractivity contribution in [3.05, 3.63) is 5.89 Å². The van der Waals surface area contributed by atoms with Crippen LogP contribution in [0, 0.1) is 0 Å². The highest BCUT2D eigenvalue weighted by molar-refractivity contribution is 5.22. The van der Waals surface area contributed by atoms with Crippen LogP contribution in [0.5, 0.6) is 0 Å². The molecular formula is C10H16N4O2. The molecule has 88 valence electrons. The third kappa shape index (κ3) is 1.68. The molecule has 3 rings (SSSR count). The number of hydrogen-bond donors (Lipinski definition) is 2. The second-order valence-corrected chi connectivity index (χ2v) is 4.59. The predicted octanol–water partition coefficient (Wildman–Crippen LogP) is 0.821. The van der Waals surface area contributed by atoms with Crippen molar-refractivity contribution < 1.29 is 9.15 Å². The molecule has 2 aliphatic heterocycles. The summed E-state index contributed by atoms with van der Waals surface area (Å²) in [4.78, 5) is 0. The molecule has 0 spiro atoms. The Morgan fingerprint density at radius 1 is 1.44 bits per heavy atom. The van der Waals surface area contributed by atoms with Gasteiger partial charge in [0.2, 0.25) is 5.89 Å². The Hall–Kier alpha value is -1.14. The normalized spacial score (nSPS) is 34.2. The monoisotopic (exact) mass is 224 g/mol. The number of nitrogens with two attached hydrogens (primary N) is 1. The summed E-state index contributed by atoms with van der Waals surface area (Å²) in [5.41, 5.74) is 5.65. The fourth-order valence-corrected chi connectivity index (χ4v) is 2.43. The van der Waals surface area contributed by atoms with Crippen molar-refractivity contribution in [3.63, 3.8) is 0 Å². The first-order valence-corrected chi connectivity index (χ1v) is 5.73. The molecule has 2 bridgehead atoms. The third-order valence-corrected chi connectivity index (χ3v) is 3.25. The molecule has 2 saturated heterocycles. The van der Waals surface area contributed by atoms with Crippen molar-refractivity contribution in [1.82, 2.24) is 10.2 Å². The van der Waals surface area contributed by atoms with Gasteiger partial charge in [-0.05, 0) is 26.2 Å². The minimum absolute atomic E-state index is 0.223. The SMILES string of the molecule is CC(N)c1nnc(NC2CC3CCC2O3)o1. The largest absolute Gasteiger partial charge is 0.406 e. The van der Waals surface area contributed by atoms with Crippen LogP contribution < -0.4 is 11.1 Å². The molecule has 3 heterocycles. The van der Waals surface area contributed by atoms with Crippen LogP contribution in [0.2, 0.25) is 0 Å². The molecule has 2 fully saturated rings. The van der Waals surface area contributed by atoms with Crippen molar-refractivity contribution in [2.75, 3.05) is 5.32 Å². The zero-order chi connectivity index (χ0) is 11.1. The van der Waals surface area contributed by atoms with Crippen LogP contribution in [0.1, 0.15) is 38.1 Å². The molecule has 0 amide bonds. The van der Waals surface area contributed by atoms with E-state index in [1.54, 1.807) is 0 Å². The van der Waals surface area contributed by atoms with Crippen LogP contribution in [0.25, 0.3) is 0 Å². The fourth-order valence-electron chi connectivity index (χ4n) is 2.43. The number of anilines is 1. The highest BCUT2D eigenvalue weighted by Gasteiger charge is 2.41. The van der Waals surface area contributed by atoms with Gasteiger partial charge >= 0.3 is 6.01 Å². The fraction of sp³-hybridized carbons (Fsp3) is 0.800. The Morgan fingerprint density at radius 2 is 2.31 bits per heavy atom. The Bertz CT molecular complexity index is 379. The minimum Gasteiger partial charge on any atom is -0.406 e. The van der Waals surface area contributed by atoms with Gasteiger partial charge in [-0.1, -0.05) is 5.10 Å². The number of nitrogens with one attached hydrogen (secondary N) is 1. The highest BCUT2D eigenvalue weighted by atomic mass is 16.5. The summed E-state index contributed by atoms with van der Waals surface area (Å²) >= 11 is 0. The van der Waals surface area contributed by atoms with E-state index >= 15 is 0 Å². The standard InChI is InChI=1S/C10H16N4O2/c1-5(11)9-13-14-10(16-9)12-7-4-6-2-3-8(7)15-6/h5-8H,2-4,11H2,1H3,(H,12,14). The highest BCUT2D eigenvalue weighted by Crippen LogP contribution is 2.35. The molecule has 4 unspecified atom stereocenters. The molecule has 0 saturated carbocycles. The lowest BCUT2D eigenvalue weighted by Gasteiger charge is -2.18. The van der Waals surface area contributed by atoms with Gasteiger partial charge in [0.25, 0.3) is 0 Å². The van der Waals surface area contributed by atoms with E-state index in [0.717, 1.165) is 12.8 Å².